The van der Waals surface area contributed by atoms with Crippen molar-refractivity contribution < 1.29 is 22.8 Å². The summed E-state index contributed by atoms with van der Waals surface area (Å²) in [6.07, 6.45) is -5.35. The second-order valence-corrected chi connectivity index (χ2v) is 7.38. The molecule has 3 aromatic rings. The average molecular weight is 473 g/mol. The van der Waals surface area contributed by atoms with Gasteiger partial charge in [0.05, 0.1) is 17.0 Å². The van der Waals surface area contributed by atoms with Crippen LogP contribution < -0.4 is 10.8 Å². The number of nitrogens with one attached hydrogen (secondary N) is 2. The molecule has 3 aromatic carbocycles. The molecule has 0 saturated carbocycles. The number of amidine groups is 1. The molecule has 4 rings (SSSR count). The summed E-state index contributed by atoms with van der Waals surface area (Å²) >= 11 is 5.88. The van der Waals surface area contributed by atoms with E-state index in [1.807, 2.05) is 0 Å². The minimum Gasteiger partial charge on any atom is -0.323 e. The number of alkyl halides is 3. The van der Waals surface area contributed by atoms with E-state index < -0.39 is 17.8 Å². The molecule has 0 atom stereocenters. The van der Waals surface area contributed by atoms with Crippen LogP contribution in [0.3, 0.4) is 0 Å². The molecule has 0 bridgehead atoms. The van der Waals surface area contributed by atoms with Gasteiger partial charge in [0, 0.05) is 21.8 Å². The molecule has 1 aliphatic heterocycles. The molecule has 6 nitrogen and oxygen atoms in total. The van der Waals surface area contributed by atoms with Crippen molar-refractivity contribution in [3.8, 4) is 0 Å². The van der Waals surface area contributed by atoms with E-state index in [0.717, 1.165) is 12.1 Å². The lowest BCUT2D eigenvalue weighted by molar-refractivity contribution is -0.137. The van der Waals surface area contributed by atoms with Crippen LogP contribution in [0.5, 0.6) is 0 Å². The highest BCUT2D eigenvalue weighted by molar-refractivity contribution is 6.30. The van der Waals surface area contributed by atoms with E-state index in [0.29, 0.717) is 22.0 Å². The second-order valence-electron chi connectivity index (χ2n) is 6.95. The van der Waals surface area contributed by atoms with Crippen molar-refractivity contribution >= 4 is 40.6 Å². The molecule has 0 unspecified atom stereocenters. The van der Waals surface area contributed by atoms with Crippen LogP contribution in [-0.2, 0) is 11.0 Å². The van der Waals surface area contributed by atoms with Gasteiger partial charge in [-0.05, 0) is 36.4 Å². The zero-order valence-corrected chi connectivity index (χ0v) is 17.6. The molecule has 1 aliphatic rings. The quantitative estimate of drug-likeness (QED) is 0.450. The number of aliphatic imine (C=N–C) groups is 2. The van der Waals surface area contributed by atoms with Crippen molar-refractivity contribution in [2.45, 2.75) is 6.18 Å². The summed E-state index contributed by atoms with van der Waals surface area (Å²) in [5.41, 5.74) is 3.50. The summed E-state index contributed by atoms with van der Waals surface area (Å²) in [6.45, 7) is -0.0509. The van der Waals surface area contributed by atoms with E-state index in [9.17, 15) is 18.0 Å². The molecule has 10 heteroatoms. The third kappa shape index (κ3) is 5.50. The second kappa shape index (κ2) is 9.33. The summed E-state index contributed by atoms with van der Waals surface area (Å²) in [5.74, 6) is 0.142. The number of hydrogen-bond donors (Lipinski definition) is 2. The van der Waals surface area contributed by atoms with Crippen molar-refractivity contribution in [2.75, 3.05) is 11.9 Å². The van der Waals surface area contributed by atoms with Crippen LogP contribution in [0.1, 0.15) is 16.7 Å². The number of benzene rings is 3. The normalized spacial score (nSPS) is 13.2. The number of carbonyl (C=O) groups is 1. The third-order valence-electron chi connectivity index (χ3n) is 4.60. The van der Waals surface area contributed by atoms with Crippen LogP contribution in [-0.4, -0.2) is 24.2 Å². The van der Waals surface area contributed by atoms with Gasteiger partial charge in [-0.3, -0.25) is 10.3 Å². The first kappa shape index (κ1) is 22.3. The molecule has 0 spiro atoms. The first-order valence-electron chi connectivity index (χ1n) is 9.68. The van der Waals surface area contributed by atoms with Gasteiger partial charge in [0.2, 0.25) is 0 Å². The van der Waals surface area contributed by atoms with Crippen molar-refractivity contribution in [1.29, 1.82) is 0 Å². The lowest BCUT2D eigenvalue weighted by atomic mass is 9.98. The van der Waals surface area contributed by atoms with Crippen LogP contribution in [0.2, 0.25) is 5.02 Å². The minimum atomic E-state index is -4.52. The Hall–Kier alpha value is -3.85. The van der Waals surface area contributed by atoms with Gasteiger partial charge in [-0.1, -0.05) is 48.0 Å². The lowest BCUT2D eigenvalue weighted by Gasteiger charge is -2.12. The van der Waals surface area contributed by atoms with E-state index >= 15 is 0 Å². The Morgan fingerprint density at radius 2 is 1.79 bits per heavy atom. The number of hydrogen-bond acceptors (Lipinski definition) is 5. The Labute approximate surface area is 191 Å². The van der Waals surface area contributed by atoms with Crippen LogP contribution in [0.15, 0.2) is 82.8 Å². The molecule has 33 heavy (non-hydrogen) atoms. The molecular formula is C23H16ClF3N4O2. The van der Waals surface area contributed by atoms with Gasteiger partial charge >= 0.3 is 12.3 Å². The average Bonchev–Trinajstić information content (AvgIpc) is 2.96. The zero-order chi connectivity index (χ0) is 23.4. The molecule has 0 fully saturated rings. The molecule has 168 valence electrons. The van der Waals surface area contributed by atoms with Crippen LogP contribution in [0.25, 0.3) is 0 Å². The lowest BCUT2D eigenvalue weighted by Crippen LogP contribution is -2.31. The largest absolute Gasteiger partial charge is 0.435 e. The standard InChI is InChI=1S/C23H16ClF3N4O2/c24-16-7-4-8-17(12-16)29-22(32)33-31-20-13-28-21(14-5-2-1-3-6-14)18-11-15(23(25,26)27)9-10-19(18)30-20/h1-12H,13H2,(H,29,32)(H,30,31). The van der Waals surface area contributed by atoms with Gasteiger partial charge in [0.25, 0.3) is 0 Å². The molecule has 2 N–H and O–H groups in total. The van der Waals surface area contributed by atoms with Crippen molar-refractivity contribution in [2.24, 2.45) is 9.98 Å². The molecule has 0 saturated heterocycles. The molecule has 1 heterocycles. The number of amides is 1. The Kier molecular flexibility index (Phi) is 6.32. The van der Waals surface area contributed by atoms with Crippen molar-refractivity contribution in [3.05, 3.63) is 94.5 Å². The van der Waals surface area contributed by atoms with Gasteiger partial charge < -0.3 is 4.84 Å². The van der Waals surface area contributed by atoms with Crippen LogP contribution in [0.4, 0.5) is 29.3 Å². The summed E-state index contributed by atoms with van der Waals surface area (Å²) < 4.78 is 40.0. The van der Waals surface area contributed by atoms with Gasteiger partial charge in [-0.15, -0.1) is 0 Å². The summed E-state index contributed by atoms with van der Waals surface area (Å²) in [4.78, 5) is 25.8. The maximum absolute atomic E-state index is 13.3. The Morgan fingerprint density at radius 1 is 1.00 bits per heavy atom. The molecule has 0 aliphatic carbocycles. The Bertz CT molecular complexity index is 1240. The van der Waals surface area contributed by atoms with E-state index in [2.05, 4.69) is 20.8 Å². The van der Waals surface area contributed by atoms with Crippen molar-refractivity contribution in [1.82, 2.24) is 5.48 Å². The van der Waals surface area contributed by atoms with Gasteiger partial charge in [0.1, 0.15) is 6.54 Å². The number of rotatable bonds is 2. The fourth-order valence-corrected chi connectivity index (χ4v) is 3.32. The maximum atomic E-state index is 13.3. The Balaban J connectivity index is 1.59. The van der Waals surface area contributed by atoms with E-state index in [4.69, 9.17) is 16.4 Å². The zero-order valence-electron chi connectivity index (χ0n) is 16.9. The maximum Gasteiger partial charge on any atom is 0.435 e. The number of anilines is 1. The highest BCUT2D eigenvalue weighted by atomic mass is 35.5. The van der Waals surface area contributed by atoms with Gasteiger partial charge in [-0.2, -0.15) is 13.2 Å². The molecule has 0 aromatic heterocycles. The van der Waals surface area contributed by atoms with E-state index in [1.165, 1.54) is 12.1 Å². The van der Waals surface area contributed by atoms with Gasteiger partial charge in [0.15, 0.2) is 5.84 Å². The fourth-order valence-electron chi connectivity index (χ4n) is 3.13. The Morgan fingerprint density at radius 3 is 2.52 bits per heavy atom. The van der Waals surface area contributed by atoms with Crippen molar-refractivity contribution in [3.63, 3.8) is 0 Å². The topological polar surface area (TPSA) is 75.1 Å². The first-order valence-corrected chi connectivity index (χ1v) is 10.1. The number of nitrogens with zero attached hydrogens (tertiary/aromatic N) is 2. The third-order valence-corrected chi connectivity index (χ3v) is 4.84. The summed E-state index contributed by atoms with van der Waals surface area (Å²) in [7, 11) is 0. The van der Waals surface area contributed by atoms with E-state index in [-0.39, 0.29) is 23.6 Å². The number of fused-ring (bicyclic) bond motifs is 1. The van der Waals surface area contributed by atoms with Gasteiger partial charge in [-0.25, -0.2) is 15.3 Å². The highest BCUT2D eigenvalue weighted by Gasteiger charge is 2.32. The fraction of sp³-hybridized carbons (Fsp3) is 0.0870. The summed E-state index contributed by atoms with van der Waals surface area (Å²) in [6, 6.07) is 18.5. The van der Waals surface area contributed by atoms with Crippen LogP contribution in [0, 0.1) is 0 Å². The number of halogens is 4. The first-order chi connectivity index (χ1) is 15.8. The molecule has 0 radical (unpaired) electrons. The number of hydroxylamine groups is 1. The smallest absolute Gasteiger partial charge is 0.323 e. The SMILES string of the molecule is O=C(Nc1cccc(Cl)c1)ONC1=Nc2ccc(C(F)(F)F)cc2C(c2ccccc2)=NC1. The van der Waals surface area contributed by atoms with E-state index in [1.54, 1.807) is 48.5 Å². The highest BCUT2D eigenvalue weighted by Crippen LogP contribution is 2.34. The molecular weight excluding hydrogens is 457 g/mol. The van der Waals surface area contributed by atoms with Crippen LogP contribution >= 0.6 is 11.6 Å². The molecule has 1 amide bonds. The monoisotopic (exact) mass is 472 g/mol. The predicted molar refractivity (Wildman–Crippen MR) is 120 cm³/mol. The minimum absolute atomic E-state index is 0.0509. The number of carbonyl (C=O) groups excluding carboxylic acids is 1. The summed E-state index contributed by atoms with van der Waals surface area (Å²) in [5, 5.41) is 2.93. The predicted octanol–water partition coefficient (Wildman–Crippen LogP) is 5.99.